The highest BCUT2D eigenvalue weighted by atomic mass is 35.5. The number of ether oxygens (including phenoxy) is 1. The SMILES string of the molecule is COc1c(C=O)cc(C2CC2)c(C2CC2)c1Cl. The Balaban J connectivity index is 2.19. The minimum Gasteiger partial charge on any atom is -0.494 e. The molecule has 0 spiro atoms. The van der Waals surface area contributed by atoms with Gasteiger partial charge in [0, 0.05) is 0 Å². The Morgan fingerprint density at radius 1 is 1.29 bits per heavy atom. The summed E-state index contributed by atoms with van der Waals surface area (Å²) in [6.45, 7) is 0. The van der Waals surface area contributed by atoms with Crippen LogP contribution in [0.3, 0.4) is 0 Å². The molecule has 0 N–H and O–H groups in total. The number of aldehydes is 1. The zero-order valence-corrected chi connectivity index (χ0v) is 10.6. The van der Waals surface area contributed by atoms with Crippen LogP contribution < -0.4 is 4.74 Å². The first-order chi connectivity index (χ1) is 8.26. The molecule has 2 saturated carbocycles. The van der Waals surface area contributed by atoms with Gasteiger partial charge in [-0.05, 0) is 54.7 Å². The Bertz CT molecular complexity index is 474. The Kier molecular flexibility index (Phi) is 2.62. The standard InChI is InChI=1S/C14H15ClO2/c1-17-14-10(7-16)6-11(8-2-3-8)12(13(14)15)9-4-5-9/h6-9H,2-5H2,1H3. The van der Waals surface area contributed by atoms with Crippen molar-refractivity contribution in [3.8, 4) is 5.75 Å². The minimum absolute atomic E-state index is 0.549. The first-order valence-corrected chi connectivity index (χ1v) is 6.49. The fourth-order valence-corrected chi connectivity index (χ4v) is 2.95. The quantitative estimate of drug-likeness (QED) is 0.758. The molecule has 2 nitrogen and oxygen atoms in total. The molecule has 0 amide bonds. The Labute approximate surface area is 106 Å². The van der Waals surface area contributed by atoms with E-state index in [9.17, 15) is 4.79 Å². The van der Waals surface area contributed by atoms with E-state index in [0.717, 1.165) is 6.29 Å². The number of carbonyl (C=O) groups is 1. The molecule has 1 aromatic carbocycles. The highest BCUT2D eigenvalue weighted by Gasteiger charge is 2.36. The van der Waals surface area contributed by atoms with E-state index < -0.39 is 0 Å². The van der Waals surface area contributed by atoms with Crippen LogP contribution >= 0.6 is 11.6 Å². The van der Waals surface area contributed by atoms with Gasteiger partial charge in [0.15, 0.2) is 6.29 Å². The van der Waals surface area contributed by atoms with E-state index in [1.165, 1.54) is 36.8 Å². The van der Waals surface area contributed by atoms with Crippen LogP contribution in [-0.2, 0) is 0 Å². The number of halogens is 1. The van der Waals surface area contributed by atoms with Gasteiger partial charge < -0.3 is 4.74 Å². The second-order valence-electron chi connectivity index (χ2n) is 4.98. The van der Waals surface area contributed by atoms with Gasteiger partial charge in [0.2, 0.25) is 0 Å². The van der Waals surface area contributed by atoms with Crippen LogP contribution in [0.5, 0.6) is 5.75 Å². The number of benzene rings is 1. The van der Waals surface area contributed by atoms with Crippen molar-refractivity contribution in [2.75, 3.05) is 7.11 Å². The number of hydrogen-bond donors (Lipinski definition) is 0. The van der Waals surface area contributed by atoms with Gasteiger partial charge in [0.1, 0.15) is 5.75 Å². The van der Waals surface area contributed by atoms with E-state index in [-0.39, 0.29) is 0 Å². The lowest BCUT2D eigenvalue weighted by Crippen LogP contribution is -2.00. The van der Waals surface area contributed by atoms with E-state index in [1.54, 1.807) is 7.11 Å². The monoisotopic (exact) mass is 250 g/mol. The summed E-state index contributed by atoms with van der Waals surface area (Å²) in [4.78, 5) is 11.1. The van der Waals surface area contributed by atoms with Crippen LogP contribution in [-0.4, -0.2) is 13.4 Å². The Morgan fingerprint density at radius 2 is 1.94 bits per heavy atom. The van der Waals surface area contributed by atoms with Crippen LogP contribution in [0, 0.1) is 0 Å². The van der Waals surface area contributed by atoms with Crippen LogP contribution in [0.25, 0.3) is 0 Å². The van der Waals surface area contributed by atoms with Crippen LogP contribution in [0.15, 0.2) is 6.07 Å². The molecular formula is C14H15ClO2. The van der Waals surface area contributed by atoms with Crippen molar-refractivity contribution in [2.45, 2.75) is 37.5 Å². The summed E-state index contributed by atoms with van der Waals surface area (Å²) >= 11 is 6.42. The van der Waals surface area contributed by atoms with E-state index in [4.69, 9.17) is 16.3 Å². The lowest BCUT2D eigenvalue weighted by molar-refractivity contribution is 0.112. The first-order valence-electron chi connectivity index (χ1n) is 6.11. The molecule has 0 atom stereocenters. The molecule has 0 heterocycles. The topological polar surface area (TPSA) is 26.3 Å². The molecule has 0 saturated heterocycles. The maximum Gasteiger partial charge on any atom is 0.153 e. The zero-order valence-electron chi connectivity index (χ0n) is 9.83. The fraction of sp³-hybridized carbons (Fsp3) is 0.500. The number of rotatable bonds is 4. The van der Waals surface area contributed by atoms with Gasteiger partial charge in [-0.15, -0.1) is 0 Å². The molecule has 3 rings (SSSR count). The van der Waals surface area contributed by atoms with Crippen molar-refractivity contribution < 1.29 is 9.53 Å². The molecule has 0 aliphatic heterocycles. The summed E-state index contributed by atoms with van der Waals surface area (Å²) in [6, 6.07) is 1.99. The van der Waals surface area contributed by atoms with Gasteiger partial charge in [0.25, 0.3) is 0 Å². The molecule has 0 unspecified atom stereocenters. The molecule has 90 valence electrons. The molecule has 0 bridgehead atoms. The molecule has 2 aliphatic carbocycles. The molecule has 2 aliphatic rings. The van der Waals surface area contributed by atoms with Gasteiger partial charge in [-0.3, -0.25) is 4.79 Å². The van der Waals surface area contributed by atoms with Gasteiger partial charge in [-0.1, -0.05) is 11.6 Å². The van der Waals surface area contributed by atoms with Crippen LogP contribution in [0.4, 0.5) is 0 Å². The molecule has 2 fully saturated rings. The summed E-state index contributed by atoms with van der Waals surface area (Å²) in [5.74, 6) is 1.76. The van der Waals surface area contributed by atoms with Gasteiger partial charge in [0.05, 0.1) is 17.7 Å². The Hall–Kier alpha value is -1.02. The van der Waals surface area contributed by atoms with E-state index in [0.29, 0.717) is 28.2 Å². The molecule has 0 radical (unpaired) electrons. The third-order valence-corrected chi connectivity index (χ3v) is 4.03. The minimum atomic E-state index is 0.549. The Morgan fingerprint density at radius 3 is 2.41 bits per heavy atom. The molecule has 1 aromatic rings. The zero-order chi connectivity index (χ0) is 12.0. The highest BCUT2D eigenvalue weighted by Crippen LogP contribution is 2.53. The summed E-state index contributed by atoms with van der Waals surface area (Å²) in [7, 11) is 1.57. The average Bonchev–Trinajstić information content (AvgIpc) is 3.17. The van der Waals surface area contributed by atoms with Crippen molar-refractivity contribution >= 4 is 17.9 Å². The normalized spacial score (nSPS) is 19.2. The molecular weight excluding hydrogens is 236 g/mol. The van der Waals surface area contributed by atoms with Crippen molar-refractivity contribution in [1.82, 2.24) is 0 Å². The van der Waals surface area contributed by atoms with E-state index in [2.05, 4.69) is 0 Å². The molecule has 17 heavy (non-hydrogen) atoms. The number of hydrogen-bond acceptors (Lipinski definition) is 2. The first kappa shape index (κ1) is 11.1. The van der Waals surface area contributed by atoms with Gasteiger partial charge in [-0.25, -0.2) is 0 Å². The van der Waals surface area contributed by atoms with E-state index in [1.807, 2.05) is 6.07 Å². The summed E-state index contributed by atoms with van der Waals surface area (Å²) < 4.78 is 5.28. The van der Waals surface area contributed by atoms with Crippen molar-refractivity contribution in [3.63, 3.8) is 0 Å². The summed E-state index contributed by atoms with van der Waals surface area (Å²) in [6.07, 6.45) is 5.71. The third kappa shape index (κ3) is 1.85. The van der Waals surface area contributed by atoms with Crippen LogP contribution in [0.2, 0.25) is 5.02 Å². The molecule has 0 aromatic heterocycles. The maximum absolute atomic E-state index is 11.1. The number of methoxy groups -OCH3 is 1. The largest absolute Gasteiger partial charge is 0.494 e. The van der Waals surface area contributed by atoms with Crippen molar-refractivity contribution in [1.29, 1.82) is 0 Å². The average molecular weight is 251 g/mol. The maximum atomic E-state index is 11.1. The predicted octanol–water partition coefficient (Wildman–Crippen LogP) is 3.92. The fourth-order valence-electron chi connectivity index (χ4n) is 2.50. The second kappa shape index (κ2) is 4.02. The van der Waals surface area contributed by atoms with Crippen molar-refractivity contribution in [3.05, 3.63) is 27.8 Å². The summed E-state index contributed by atoms with van der Waals surface area (Å²) in [5, 5.41) is 0.668. The lowest BCUT2D eigenvalue weighted by atomic mass is 9.96. The smallest absolute Gasteiger partial charge is 0.153 e. The molecule has 3 heteroatoms. The summed E-state index contributed by atoms with van der Waals surface area (Å²) in [5.41, 5.74) is 3.13. The van der Waals surface area contributed by atoms with Gasteiger partial charge >= 0.3 is 0 Å². The third-order valence-electron chi connectivity index (χ3n) is 3.65. The lowest BCUT2D eigenvalue weighted by Gasteiger charge is -2.15. The second-order valence-corrected chi connectivity index (χ2v) is 5.36. The number of carbonyl (C=O) groups excluding carboxylic acids is 1. The predicted molar refractivity (Wildman–Crippen MR) is 67.3 cm³/mol. The van der Waals surface area contributed by atoms with Gasteiger partial charge in [-0.2, -0.15) is 0 Å². The van der Waals surface area contributed by atoms with E-state index >= 15 is 0 Å². The highest BCUT2D eigenvalue weighted by molar-refractivity contribution is 6.33. The van der Waals surface area contributed by atoms with Crippen molar-refractivity contribution in [2.24, 2.45) is 0 Å². The van der Waals surface area contributed by atoms with Crippen LogP contribution in [0.1, 0.15) is 59.0 Å².